The van der Waals surface area contributed by atoms with Gasteiger partial charge in [-0.25, -0.2) is 4.79 Å². The van der Waals surface area contributed by atoms with Crippen molar-refractivity contribution in [3.63, 3.8) is 0 Å². The molecule has 0 bridgehead atoms. The fraction of sp³-hybridized carbons (Fsp3) is 0.250. The highest BCUT2D eigenvalue weighted by Gasteiger charge is 2.14. The summed E-state index contributed by atoms with van der Waals surface area (Å²) in [7, 11) is 2.84. The first-order valence-corrected chi connectivity index (χ1v) is 4.42. The van der Waals surface area contributed by atoms with Crippen LogP contribution in [0.5, 0.6) is 0 Å². The summed E-state index contributed by atoms with van der Waals surface area (Å²) >= 11 is 0. The first-order chi connectivity index (χ1) is 7.45. The predicted octanol–water partition coefficient (Wildman–Crippen LogP) is -1.81. The van der Waals surface area contributed by atoms with E-state index in [-0.39, 0.29) is 22.5 Å². The monoisotopic (exact) mass is 222 g/mol. The average molecular weight is 222 g/mol. The van der Waals surface area contributed by atoms with Crippen LogP contribution in [0.25, 0.3) is 11.0 Å². The van der Waals surface area contributed by atoms with E-state index in [2.05, 4.69) is 10.2 Å². The molecule has 4 N–H and O–H groups in total. The second-order valence-electron chi connectivity index (χ2n) is 3.40. The maximum atomic E-state index is 11.8. The van der Waals surface area contributed by atoms with Crippen molar-refractivity contribution in [3.8, 4) is 0 Å². The van der Waals surface area contributed by atoms with Crippen molar-refractivity contribution in [2.24, 2.45) is 14.1 Å². The Hall–Kier alpha value is -2.38. The Balaban J connectivity index is 3.22. The van der Waals surface area contributed by atoms with Gasteiger partial charge in [0.15, 0.2) is 11.5 Å². The molecular formula is C8H10N6O2. The molecule has 0 unspecified atom stereocenters. The number of nitrogens with two attached hydrogens (primary N) is 2. The molecule has 0 amide bonds. The van der Waals surface area contributed by atoms with Gasteiger partial charge >= 0.3 is 5.69 Å². The fourth-order valence-electron chi connectivity index (χ4n) is 1.47. The van der Waals surface area contributed by atoms with Crippen molar-refractivity contribution in [3.05, 3.63) is 20.8 Å². The van der Waals surface area contributed by atoms with E-state index in [1.165, 1.54) is 18.7 Å². The van der Waals surface area contributed by atoms with Gasteiger partial charge in [-0.2, -0.15) is 0 Å². The maximum absolute atomic E-state index is 11.8. The minimum absolute atomic E-state index is 0.0248. The number of hydrogen-bond donors (Lipinski definition) is 2. The lowest BCUT2D eigenvalue weighted by atomic mass is 10.3. The Labute approximate surface area is 89.1 Å². The van der Waals surface area contributed by atoms with E-state index in [1.807, 2.05) is 0 Å². The Morgan fingerprint density at radius 1 is 1.06 bits per heavy atom. The normalized spacial score (nSPS) is 10.9. The molecule has 16 heavy (non-hydrogen) atoms. The van der Waals surface area contributed by atoms with Crippen molar-refractivity contribution in [1.82, 2.24) is 19.3 Å². The first kappa shape index (κ1) is 10.1. The molecule has 0 atom stereocenters. The lowest BCUT2D eigenvalue weighted by Gasteiger charge is -2.08. The van der Waals surface area contributed by atoms with E-state index < -0.39 is 11.2 Å². The lowest BCUT2D eigenvalue weighted by molar-refractivity contribution is 0.704. The van der Waals surface area contributed by atoms with E-state index in [1.54, 1.807) is 0 Å². The molecule has 2 aromatic heterocycles. The van der Waals surface area contributed by atoms with E-state index >= 15 is 0 Å². The largest absolute Gasteiger partial charge is 0.395 e. The zero-order valence-corrected chi connectivity index (χ0v) is 8.76. The Morgan fingerprint density at radius 2 is 1.69 bits per heavy atom. The molecule has 0 aliphatic heterocycles. The van der Waals surface area contributed by atoms with Crippen molar-refractivity contribution >= 4 is 22.5 Å². The number of nitrogen functional groups attached to an aromatic ring is 2. The van der Waals surface area contributed by atoms with Crippen LogP contribution in [0, 0.1) is 0 Å². The molecule has 0 saturated heterocycles. The molecule has 0 fully saturated rings. The van der Waals surface area contributed by atoms with Gasteiger partial charge in [0.1, 0.15) is 5.39 Å². The topological polar surface area (TPSA) is 122 Å². The maximum Gasteiger partial charge on any atom is 0.332 e. The molecule has 2 aromatic rings. The number of aryl methyl sites for hydroxylation is 1. The molecule has 0 spiro atoms. The van der Waals surface area contributed by atoms with Crippen LogP contribution < -0.4 is 22.7 Å². The minimum atomic E-state index is -0.530. The Morgan fingerprint density at radius 3 is 2.31 bits per heavy atom. The quantitative estimate of drug-likeness (QED) is 0.541. The highest BCUT2D eigenvalue weighted by molar-refractivity contribution is 5.91. The zero-order chi connectivity index (χ0) is 12.0. The van der Waals surface area contributed by atoms with Crippen molar-refractivity contribution in [1.29, 1.82) is 0 Å². The van der Waals surface area contributed by atoms with Crippen LogP contribution in [-0.4, -0.2) is 19.3 Å². The zero-order valence-electron chi connectivity index (χ0n) is 8.76. The molecule has 2 heterocycles. The first-order valence-electron chi connectivity index (χ1n) is 4.42. The summed E-state index contributed by atoms with van der Waals surface area (Å²) in [5.41, 5.74) is 10.3. The number of nitrogens with zero attached hydrogens (tertiary/aromatic N) is 4. The molecule has 8 nitrogen and oxygen atoms in total. The molecule has 0 aliphatic carbocycles. The van der Waals surface area contributed by atoms with Crippen molar-refractivity contribution < 1.29 is 0 Å². The van der Waals surface area contributed by atoms with Gasteiger partial charge in [-0.1, -0.05) is 0 Å². The SMILES string of the molecule is Cn1c(=O)c2c(N)c(N)nnc2n(C)c1=O. The number of rotatable bonds is 0. The standard InChI is InChI=1S/C8H10N6O2/c1-13-6-3(4(9)5(10)11-12-6)7(15)14(2)8(13)16/h1-2H3,(H2,9,12)(H2,10,11). The Bertz CT molecular complexity index is 698. The van der Waals surface area contributed by atoms with Crippen molar-refractivity contribution in [2.45, 2.75) is 0 Å². The molecule has 0 aliphatic rings. The summed E-state index contributed by atoms with van der Waals surface area (Å²) in [6.45, 7) is 0. The smallest absolute Gasteiger partial charge is 0.332 e. The summed E-state index contributed by atoms with van der Waals surface area (Å²) in [4.78, 5) is 23.4. The summed E-state index contributed by atoms with van der Waals surface area (Å²) in [5.74, 6) is -0.0248. The molecule has 0 radical (unpaired) electrons. The molecule has 8 heteroatoms. The van der Waals surface area contributed by atoms with Gasteiger partial charge in [0.05, 0.1) is 5.69 Å². The van der Waals surface area contributed by atoms with Crippen LogP contribution in [0.2, 0.25) is 0 Å². The van der Waals surface area contributed by atoms with Crippen LogP contribution in [0.1, 0.15) is 0 Å². The van der Waals surface area contributed by atoms with Gasteiger partial charge in [0.2, 0.25) is 0 Å². The third kappa shape index (κ3) is 1.09. The fourth-order valence-corrected chi connectivity index (χ4v) is 1.47. The number of aromatic nitrogens is 4. The third-order valence-corrected chi connectivity index (χ3v) is 2.43. The molecule has 0 saturated carbocycles. The molecular weight excluding hydrogens is 212 g/mol. The number of anilines is 2. The van der Waals surface area contributed by atoms with Crippen LogP contribution >= 0.6 is 0 Å². The molecule has 2 rings (SSSR count). The third-order valence-electron chi connectivity index (χ3n) is 2.43. The van der Waals surface area contributed by atoms with Crippen LogP contribution in [-0.2, 0) is 14.1 Å². The summed E-state index contributed by atoms with van der Waals surface area (Å²) in [5, 5.41) is 7.38. The molecule has 0 aromatic carbocycles. The summed E-state index contributed by atoms with van der Waals surface area (Å²) < 4.78 is 2.14. The van der Waals surface area contributed by atoms with E-state index in [4.69, 9.17) is 11.5 Å². The van der Waals surface area contributed by atoms with Gasteiger partial charge < -0.3 is 11.5 Å². The van der Waals surface area contributed by atoms with Gasteiger partial charge in [-0.15, -0.1) is 10.2 Å². The second-order valence-corrected chi connectivity index (χ2v) is 3.40. The highest BCUT2D eigenvalue weighted by atomic mass is 16.2. The minimum Gasteiger partial charge on any atom is -0.395 e. The molecule has 84 valence electrons. The number of fused-ring (bicyclic) bond motifs is 1. The van der Waals surface area contributed by atoms with E-state index in [9.17, 15) is 9.59 Å². The summed E-state index contributed by atoms with van der Waals surface area (Å²) in [6.07, 6.45) is 0. The van der Waals surface area contributed by atoms with Gasteiger partial charge in [0, 0.05) is 14.1 Å². The van der Waals surface area contributed by atoms with E-state index in [0.29, 0.717) is 0 Å². The average Bonchev–Trinajstić information content (AvgIpc) is 2.27. The Kier molecular flexibility index (Phi) is 1.94. The van der Waals surface area contributed by atoms with E-state index in [0.717, 1.165) is 4.57 Å². The van der Waals surface area contributed by atoms with Crippen molar-refractivity contribution in [2.75, 3.05) is 11.5 Å². The highest BCUT2D eigenvalue weighted by Crippen LogP contribution is 2.17. The second kappa shape index (κ2) is 3.05. The number of hydrogen-bond acceptors (Lipinski definition) is 6. The lowest BCUT2D eigenvalue weighted by Crippen LogP contribution is -2.37. The van der Waals surface area contributed by atoms with Crippen LogP contribution in [0.15, 0.2) is 9.59 Å². The predicted molar refractivity (Wildman–Crippen MR) is 58.8 cm³/mol. The van der Waals surface area contributed by atoms with Gasteiger partial charge in [-0.3, -0.25) is 13.9 Å². The van der Waals surface area contributed by atoms with Crippen LogP contribution in [0.3, 0.4) is 0 Å². The summed E-state index contributed by atoms with van der Waals surface area (Å²) in [6, 6.07) is 0. The van der Waals surface area contributed by atoms with Crippen LogP contribution in [0.4, 0.5) is 11.5 Å². The van der Waals surface area contributed by atoms with Gasteiger partial charge in [-0.05, 0) is 0 Å². The van der Waals surface area contributed by atoms with Gasteiger partial charge in [0.25, 0.3) is 5.56 Å².